The third-order valence-electron chi connectivity index (χ3n) is 7.83. The first-order chi connectivity index (χ1) is 17.5. The van der Waals surface area contributed by atoms with Gasteiger partial charge >= 0.3 is 6.18 Å². The van der Waals surface area contributed by atoms with Crippen molar-refractivity contribution < 1.29 is 22.4 Å². The maximum Gasteiger partial charge on any atom is 0.397 e. The summed E-state index contributed by atoms with van der Waals surface area (Å²) in [6, 6.07) is 6.28. The zero-order valence-corrected chi connectivity index (χ0v) is 21.7. The highest BCUT2D eigenvalue weighted by Gasteiger charge is 2.60. The fourth-order valence-corrected chi connectivity index (χ4v) is 5.21. The smallest absolute Gasteiger partial charge is 0.379 e. The summed E-state index contributed by atoms with van der Waals surface area (Å²) < 4.78 is 55.0. The standard InChI is InChI=1S/C28H36F4N4O/c1-18(28(30,31)32)25-21-8-4-9-24(34-20(17-29)10-14-36(2)3)22(21)15-19(35-25)7-5-13-33-26(37)23-16-27(23)11-6-12-27/h4-5,7-9,15,18,20,23,34H,6,10-14,16-17H2,1-3H3,(H,33,37)/b7-5+. The van der Waals surface area contributed by atoms with Crippen LogP contribution < -0.4 is 10.6 Å². The molecule has 0 bridgehead atoms. The summed E-state index contributed by atoms with van der Waals surface area (Å²) in [5.74, 6) is -1.64. The lowest BCUT2D eigenvalue weighted by molar-refractivity contribution is -0.146. The van der Waals surface area contributed by atoms with Crippen LogP contribution in [0.5, 0.6) is 0 Å². The molecule has 2 aliphatic rings. The van der Waals surface area contributed by atoms with Gasteiger partial charge in [-0.25, -0.2) is 4.39 Å². The average Bonchev–Trinajstić information content (AvgIpc) is 3.60. The van der Waals surface area contributed by atoms with Crippen molar-refractivity contribution in [2.75, 3.05) is 39.2 Å². The summed E-state index contributed by atoms with van der Waals surface area (Å²) >= 11 is 0. The van der Waals surface area contributed by atoms with E-state index in [9.17, 15) is 22.4 Å². The number of amides is 1. The van der Waals surface area contributed by atoms with Crippen LogP contribution in [0.4, 0.5) is 23.2 Å². The molecule has 1 aromatic carbocycles. The maximum atomic E-state index is 13.8. The van der Waals surface area contributed by atoms with E-state index in [1.54, 1.807) is 36.4 Å². The Morgan fingerprint density at radius 3 is 2.62 bits per heavy atom. The summed E-state index contributed by atoms with van der Waals surface area (Å²) in [6.45, 7) is 1.45. The van der Waals surface area contributed by atoms with E-state index in [1.807, 2.05) is 19.0 Å². The van der Waals surface area contributed by atoms with Gasteiger partial charge in [-0.05, 0) is 76.9 Å². The maximum absolute atomic E-state index is 13.8. The molecule has 37 heavy (non-hydrogen) atoms. The number of carbonyl (C=O) groups is 1. The van der Waals surface area contributed by atoms with Crippen molar-refractivity contribution in [1.82, 2.24) is 15.2 Å². The summed E-state index contributed by atoms with van der Waals surface area (Å²) in [7, 11) is 3.81. The average molecular weight is 521 g/mol. The molecule has 1 aromatic heterocycles. The second kappa shape index (κ2) is 11.0. The van der Waals surface area contributed by atoms with Crippen LogP contribution in [0.3, 0.4) is 0 Å². The molecule has 3 atom stereocenters. The zero-order valence-electron chi connectivity index (χ0n) is 21.7. The predicted octanol–water partition coefficient (Wildman–Crippen LogP) is 5.92. The Kier molecular flexibility index (Phi) is 8.11. The Bertz CT molecular complexity index is 1140. The van der Waals surface area contributed by atoms with E-state index >= 15 is 0 Å². The van der Waals surface area contributed by atoms with E-state index < -0.39 is 24.8 Å². The highest BCUT2D eigenvalue weighted by molar-refractivity contribution is 5.96. The molecule has 4 rings (SSSR count). The molecule has 2 aliphatic carbocycles. The summed E-state index contributed by atoms with van der Waals surface area (Å²) in [6.07, 6.45) is 3.81. The predicted molar refractivity (Wildman–Crippen MR) is 139 cm³/mol. The van der Waals surface area contributed by atoms with Gasteiger partial charge in [0.05, 0.1) is 23.3 Å². The molecule has 202 valence electrons. The topological polar surface area (TPSA) is 57.3 Å². The normalized spacial score (nSPS) is 20.3. The van der Waals surface area contributed by atoms with Gasteiger partial charge < -0.3 is 15.5 Å². The second-order valence-electron chi connectivity index (χ2n) is 10.8. The first-order valence-electron chi connectivity index (χ1n) is 13.0. The second-order valence-corrected chi connectivity index (χ2v) is 10.8. The van der Waals surface area contributed by atoms with Crippen LogP contribution in [0.2, 0.25) is 0 Å². The number of benzene rings is 1. The third kappa shape index (κ3) is 6.25. The van der Waals surface area contributed by atoms with Crippen LogP contribution in [0.25, 0.3) is 16.8 Å². The van der Waals surface area contributed by atoms with E-state index in [0.29, 0.717) is 35.1 Å². The Labute approximate surface area is 215 Å². The van der Waals surface area contributed by atoms with Crippen LogP contribution in [0, 0.1) is 11.3 Å². The Morgan fingerprint density at radius 1 is 1.27 bits per heavy atom. The van der Waals surface area contributed by atoms with Gasteiger partial charge in [0.25, 0.3) is 0 Å². The number of fused-ring (bicyclic) bond motifs is 1. The monoisotopic (exact) mass is 520 g/mol. The molecule has 1 spiro atoms. The molecular weight excluding hydrogens is 484 g/mol. The van der Waals surface area contributed by atoms with Crippen molar-refractivity contribution in [2.24, 2.45) is 11.3 Å². The van der Waals surface area contributed by atoms with E-state index in [-0.39, 0.29) is 29.5 Å². The Morgan fingerprint density at radius 2 is 2.03 bits per heavy atom. The number of nitrogens with zero attached hydrogens (tertiary/aromatic N) is 2. The Hall–Kier alpha value is -2.68. The molecule has 2 fully saturated rings. The van der Waals surface area contributed by atoms with Gasteiger partial charge in [0.15, 0.2) is 0 Å². The molecule has 0 saturated heterocycles. The van der Waals surface area contributed by atoms with E-state index in [0.717, 1.165) is 26.2 Å². The number of aromatic nitrogens is 1. The zero-order chi connectivity index (χ0) is 26.8. The molecule has 2 saturated carbocycles. The molecule has 0 radical (unpaired) electrons. The van der Waals surface area contributed by atoms with Gasteiger partial charge in [-0.15, -0.1) is 0 Å². The lowest BCUT2D eigenvalue weighted by atomic mass is 9.80. The molecular formula is C28H36F4N4O. The van der Waals surface area contributed by atoms with Crippen molar-refractivity contribution in [3.05, 3.63) is 41.7 Å². The van der Waals surface area contributed by atoms with Crippen molar-refractivity contribution in [1.29, 1.82) is 0 Å². The van der Waals surface area contributed by atoms with Crippen LogP contribution in [0.1, 0.15) is 56.3 Å². The van der Waals surface area contributed by atoms with Gasteiger partial charge in [0.2, 0.25) is 5.91 Å². The molecule has 3 unspecified atom stereocenters. The summed E-state index contributed by atoms with van der Waals surface area (Å²) in [5, 5.41) is 7.04. The van der Waals surface area contributed by atoms with Crippen molar-refractivity contribution in [3.63, 3.8) is 0 Å². The van der Waals surface area contributed by atoms with Gasteiger partial charge in [0, 0.05) is 28.9 Å². The lowest BCUT2D eigenvalue weighted by Gasteiger charge is -2.26. The van der Waals surface area contributed by atoms with Gasteiger partial charge in [-0.1, -0.05) is 24.6 Å². The summed E-state index contributed by atoms with van der Waals surface area (Å²) in [4.78, 5) is 18.7. The highest BCUT2D eigenvalue weighted by atomic mass is 19.4. The van der Waals surface area contributed by atoms with Crippen LogP contribution in [-0.2, 0) is 4.79 Å². The first kappa shape index (κ1) is 27.4. The summed E-state index contributed by atoms with van der Waals surface area (Å²) in [5.41, 5.74) is 1.09. The van der Waals surface area contributed by atoms with Crippen LogP contribution in [0.15, 0.2) is 30.3 Å². The van der Waals surface area contributed by atoms with Gasteiger partial charge in [0.1, 0.15) is 6.67 Å². The van der Waals surface area contributed by atoms with Crippen molar-refractivity contribution in [2.45, 2.75) is 57.2 Å². The fourth-order valence-electron chi connectivity index (χ4n) is 5.21. The minimum Gasteiger partial charge on any atom is -0.379 e. The van der Waals surface area contributed by atoms with Crippen LogP contribution >= 0.6 is 0 Å². The van der Waals surface area contributed by atoms with E-state index in [4.69, 9.17) is 0 Å². The number of anilines is 1. The van der Waals surface area contributed by atoms with Crippen molar-refractivity contribution in [3.8, 4) is 0 Å². The number of halogens is 4. The van der Waals surface area contributed by atoms with Gasteiger partial charge in [-0.2, -0.15) is 13.2 Å². The first-order valence-corrected chi connectivity index (χ1v) is 13.0. The Balaban J connectivity index is 1.57. The number of hydrogen-bond acceptors (Lipinski definition) is 4. The number of pyridine rings is 1. The van der Waals surface area contributed by atoms with Crippen molar-refractivity contribution >= 4 is 28.4 Å². The largest absolute Gasteiger partial charge is 0.397 e. The molecule has 0 aliphatic heterocycles. The molecule has 5 nitrogen and oxygen atoms in total. The van der Waals surface area contributed by atoms with E-state index in [2.05, 4.69) is 15.6 Å². The minimum absolute atomic E-state index is 0.0451. The molecule has 9 heteroatoms. The number of carbonyl (C=O) groups excluding carboxylic acids is 1. The molecule has 2 aromatic rings. The van der Waals surface area contributed by atoms with Gasteiger partial charge in [-0.3, -0.25) is 9.78 Å². The SMILES string of the molecule is CC(c1nc(/C=C/CNC(=O)C2CC23CCC3)cc2c(NC(CF)CCN(C)C)cccc12)C(F)(F)F. The number of alkyl halides is 4. The third-order valence-corrected chi connectivity index (χ3v) is 7.83. The lowest BCUT2D eigenvalue weighted by Crippen LogP contribution is -2.29. The number of rotatable bonds is 11. The minimum atomic E-state index is -4.46. The van der Waals surface area contributed by atoms with E-state index in [1.165, 1.54) is 6.42 Å². The molecule has 2 N–H and O–H groups in total. The molecule has 1 heterocycles. The highest BCUT2D eigenvalue weighted by Crippen LogP contribution is 2.65. The number of nitrogens with one attached hydrogen (secondary N) is 2. The molecule has 1 amide bonds. The fraction of sp³-hybridized carbons (Fsp3) is 0.571. The quantitative estimate of drug-likeness (QED) is 0.361. The number of hydrogen-bond donors (Lipinski definition) is 2. The van der Waals surface area contributed by atoms with Crippen LogP contribution in [-0.4, -0.2) is 61.9 Å².